The Hall–Kier alpha value is -2.33. The number of nitrogens with zero attached hydrogens (tertiary/aromatic N) is 2. The van der Waals surface area contributed by atoms with E-state index in [0.29, 0.717) is 17.9 Å². The number of carbonyl (C=O) groups is 2. The number of hydrogen-bond donors (Lipinski definition) is 2. The largest absolute Gasteiger partial charge is 0.480 e. The molecule has 0 saturated carbocycles. The first-order chi connectivity index (χ1) is 9.38. The van der Waals surface area contributed by atoms with E-state index >= 15 is 0 Å². The molecule has 0 aromatic carbocycles. The van der Waals surface area contributed by atoms with Crippen LogP contribution in [0.5, 0.6) is 0 Å². The maximum Gasteiger partial charge on any atom is 0.317 e. The van der Waals surface area contributed by atoms with Gasteiger partial charge in [0.15, 0.2) is 0 Å². The number of furan rings is 1. The van der Waals surface area contributed by atoms with E-state index in [0.717, 1.165) is 0 Å². The molecule has 0 aliphatic rings. The van der Waals surface area contributed by atoms with Gasteiger partial charge in [0.25, 0.3) is 0 Å². The molecule has 0 aliphatic carbocycles. The molecule has 0 spiro atoms. The van der Waals surface area contributed by atoms with Gasteiger partial charge in [0.2, 0.25) is 11.8 Å². The van der Waals surface area contributed by atoms with Gasteiger partial charge in [0.05, 0.1) is 13.1 Å². The van der Waals surface area contributed by atoms with Gasteiger partial charge in [-0.1, -0.05) is 6.92 Å². The first kappa shape index (κ1) is 15.7. The van der Waals surface area contributed by atoms with Crippen molar-refractivity contribution in [3.63, 3.8) is 0 Å². The molecule has 1 aromatic rings. The molecule has 1 aromatic heterocycles. The number of carboxylic acids is 1. The highest BCUT2D eigenvalue weighted by molar-refractivity contribution is 5.92. The van der Waals surface area contributed by atoms with Crippen LogP contribution in [0.15, 0.2) is 4.42 Å². The summed E-state index contributed by atoms with van der Waals surface area (Å²) in [5.74, 6) is -0.742. The van der Waals surface area contributed by atoms with Gasteiger partial charge in [-0.2, -0.15) is 5.26 Å². The van der Waals surface area contributed by atoms with Crippen molar-refractivity contribution in [3.8, 4) is 6.07 Å². The summed E-state index contributed by atoms with van der Waals surface area (Å²) in [6.07, 6.45) is 0. The Morgan fingerprint density at radius 1 is 1.40 bits per heavy atom. The van der Waals surface area contributed by atoms with Crippen LogP contribution in [0.2, 0.25) is 0 Å². The zero-order valence-corrected chi connectivity index (χ0v) is 11.7. The number of hydrogen-bond acceptors (Lipinski definition) is 5. The van der Waals surface area contributed by atoms with Crippen molar-refractivity contribution in [1.82, 2.24) is 4.90 Å². The second kappa shape index (κ2) is 6.73. The highest BCUT2D eigenvalue weighted by atomic mass is 16.4. The van der Waals surface area contributed by atoms with Gasteiger partial charge in [-0.15, -0.1) is 0 Å². The summed E-state index contributed by atoms with van der Waals surface area (Å²) >= 11 is 0. The SMILES string of the molecule is CCN(CC(=O)O)CC(=O)Nc1oc(C)c(C)c1C#N. The first-order valence-electron chi connectivity index (χ1n) is 6.13. The van der Waals surface area contributed by atoms with E-state index in [1.165, 1.54) is 4.90 Å². The minimum atomic E-state index is -0.998. The molecule has 1 heterocycles. The average Bonchev–Trinajstić information content (AvgIpc) is 2.62. The Balaban J connectivity index is 2.74. The lowest BCUT2D eigenvalue weighted by Crippen LogP contribution is -2.36. The molecular formula is C13H17N3O4. The maximum atomic E-state index is 11.8. The van der Waals surface area contributed by atoms with Crippen LogP contribution in [0, 0.1) is 25.2 Å². The van der Waals surface area contributed by atoms with Crippen LogP contribution in [0.3, 0.4) is 0 Å². The lowest BCUT2D eigenvalue weighted by molar-refractivity contribution is -0.138. The highest BCUT2D eigenvalue weighted by Crippen LogP contribution is 2.25. The van der Waals surface area contributed by atoms with Crippen LogP contribution in [-0.2, 0) is 9.59 Å². The first-order valence-corrected chi connectivity index (χ1v) is 6.13. The molecule has 1 rings (SSSR count). The second-order valence-electron chi connectivity index (χ2n) is 4.34. The summed E-state index contributed by atoms with van der Waals surface area (Å²) in [4.78, 5) is 23.9. The standard InChI is InChI=1S/C13H17N3O4/c1-4-16(7-12(18)19)6-11(17)15-13-10(5-14)8(2)9(3)20-13/h4,6-7H2,1-3H3,(H,15,17)(H,18,19). The number of anilines is 1. The molecule has 20 heavy (non-hydrogen) atoms. The van der Waals surface area contributed by atoms with Crippen molar-refractivity contribution >= 4 is 17.8 Å². The summed E-state index contributed by atoms with van der Waals surface area (Å²) in [5.41, 5.74) is 0.970. The topological polar surface area (TPSA) is 107 Å². The predicted octanol–water partition coefficient (Wildman–Crippen LogP) is 1.11. The fraction of sp³-hybridized carbons (Fsp3) is 0.462. The number of aliphatic carboxylic acids is 1. The maximum absolute atomic E-state index is 11.8. The van der Waals surface area contributed by atoms with E-state index in [1.54, 1.807) is 20.8 Å². The summed E-state index contributed by atoms with van der Waals surface area (Å²) in [6.45, 7) is 5.33. The zero-order valence-electron chi connectivity index (χ0n) is 11.7. The third kappa shape index (κ3) is 3.83. The number of carboxylic acid groups (broad SMARTS) is 1. The van der Waals surface area contributed by atoms with Crippen molar-refractivity contribution < 1.29 is 19.1 Å². The van der Waals surface area contributed by atoms with Crippen molar-refractivity contribution in [2.75, 3.05) is 25.0 Å². The van der Waals surface area contributed by atoms with E-state index in [2.05, 4.69) is 5.32 Å². The summed E-state index contributed by atoms with van der Waals surface area (Å²) in [7, 11) is 0. The number of rotatable bonds is 6. The lowest BCUT2D eigenvalue weighted by atomic mass is 10.2. The van der Waals surface area contributed by atoms with Crippen molar-refractivity contribution in [1.29, 1.82) is 5.26 Å². The quantitative estimate of drug-likeness (QED) is 0.808. The van der Waals surface area contributed by atoms with Gasteiger partial charge in [0, 0.05) is 5.56 Å². The molecule has 1 amide bonds. The molecule has 7 heteroatoms. The molecule has 0 unspecified atom stereocenters. The number of aryl methyl sites for hydroxylation is 1. The Morgan fingerprint density at radius 3 is 2.55 bits per heavy atom. The molecule has 0 bridgehead atoms. The van der Waals surface area contributed by atoms with Gasteiger partial charge in [-0.25, -0.2) is 0 Å². The van der Waals surface area contributed by atoms with Crippen LogP contribution in [0.4, 0.5) is 5.88 Å². The van der Waals surface area contributed by atoms with E-state index in [1.807, 2.05) is 6.07 Å². The molecule has 7 nitrogen and oxygen atoms in total. The molecule has 0 atom stereocenters. The monoisotopic (exact) mass is 279 g/mol. The van der Waals surface area contributed by atoms with Crippen LogP contribution < -0.4 is 5.32 Å². The molecule has 0 fully saturated rings. The summed E-state index contributed by atoms with van der Waals surface area (Å²) < 4.78 is 5.31. The number of carbonyl (C=O) groups excluding carboxylic acids is 1. The predicted molar refractivity (Wildman–Crippen MR) is 71.3 cm³/mol. The van der Waals surface area contributed by atoms with E-state index in [9.17, 15) is 9.59 Å². The van der Waals surface area contributed by atoms with Crippen LogP contribution in [0.25, 0.3) is 0 Å². The van der Waals surface area contributed by atoms with Gasteiger partial charge in [-0.3, -0.25) is 19.8 Å². The Bertz CT molecular complexity index is 557. The van der Waals surface area contributed by atoms with Crippen molar-refractivity contribution in [2.45, 2.75) is 20.8 Å². The Morgan fingerprint density at radius 2 is 2.05 bits per heavy atom. The molecular weight excluding hydrogens is 262 g/mol. The van der Waals surface area contributed by atoms with Gasteiger partial charge in [-0.05, 0) is 20.4 Å². The van der Waals surface area contributed by atoms with Crippen LogP contribution >= 0.6 is 0 Å². The fourth-order valence-electron chi connectivity index (χ4n) is 1.69. The van der Waals surface area contributed by atoms with Crippen molar-refractivity contribution in [2.24, 2.45) is 0 Å². The Labute approximate surface area is 116 Å². The van der Waals surface area contributed by atoms with Crippen LogP contribution in [0.1, 0.15) is 23.8 Å². The smallest absolute Gasteiger partial charge is 0.317 e. The van der Waals surface area contributed by atoms with E-state index in [-0.39, 0.29) is 24.5 Å². The highest BCUT2D eigenvalue weighted by Gasteiger charge is 2.18. The number of nitriles is 1. The van der Waals surface area contributed by atoms with Gasteiger partial charge < -0.3 is 9.52 Å². The van der Waals surface area contributed by atoms with E-state index < -0.39 is 11.9 Å². The van der Waals surface area contributed by atoms with Gasteiger partial charge >= 0.3 is 5.97 Å². The van der Waals surface area contributed by atoms with Crippen molar-refractivity contribution in [3.05, 3.63) is 16.9 Å². The zero-order chi connectivity index (χ0) is 15.3. The molecule has 0 radical (unpaired) electrons. The minimum absolute atomic E-state index is 0.0769. The third-order valence-corrected chi connectivity index (χ3v) is 2.92. The van der Waals surface area contributed by atoms with Crippen LogP contribution in [-0.4, -0.2) is 41.5 Å². The number of likely N-dealkylation sites (N-methyl/N-ethyl adjacent to an activating group) is 1. The molecule has 2 N–H and O–H groups in total. The minimum Gasteiger partial charge on any atom is -0.480 e. The number of nitrogens with one attached hydrogen (secondary N) is 1. The molecule has 0 saturated heterocycles. The summed E-state index contributed by atoms with van der Waals surface area (Å²) in [6, 6.07) is 1.97. The molecule has 108 valence electrons. The fourth-order valence-corrected chi connectivity index (χ4v) is 1.69. The lowest BCUT2D eigenvalue weighted by Gasteiger charge is -2.16. The number of amides is 1. The normalized spacial score (nSPS) is 10.3. The summed E-state index contributed by atoms with van der Waals surface area (Å²) in [5, 5.41) is 20.2. The van der Waals surface area contributed by atoms with Gasteiger partial charge in [0.1, 0.15) is 17.4 Å². The van der Waals surface area contributed by atoms with E-state index in [4.69, 9.17) is 14.8 Å². The third-order valence-electron chi connectivity index (χ3n) is 2.92. The molecule has 0 aliphatic heterocycles. The average molecular weight is 279 g/mol. The Kier molecular flexibility index (Phi) is 5.29. The second-order valence-corrected chi connectivity index (χ2v) is 4.34.